The molecule has 0 bridgehead atoms. The molecule has 100 valence electrons. The second-order valence-electron chi connectivity index (χ2n) is 3.46. The Morgan fingerprint density at radius 1 is 1.17 bits per heavy atom. The van der Waals surface area contributed by atoms with Gasteiger partial charge in [0.25, 0.3) is 12.1 Å². The van der Waals surface area contributed by atoms with Gasteiger partial charge in [-0.3, -0.25) is 4.79 Å². The van der Waals surface area contributed by atoms with Gasteiger partial charge in [0.15, 0.2) is 0 Å². The molecule has 0 heterocycles. The van der Waals surface area contributed by atoms with E-state index >= 15 is 0 Å². The summed E-state index contributed by atoms with van der Waals surface area (Å²) < 4.78 is 75.6. The summed E-state index contributed by atoms with van der Waals surface area (Å²) in [4.78, 5) is 10.7. The van der Waals surface area contributed by atoms with Crippen LogP contribution in [0.25, 0.3) is 0 Å². The average Bonchev–Trinajstić information content (AvgIpc) is 2.26. The number of hydrogen-bond donors (Lipinski definition) is 1. The van der Waals surface area contributed by atoms with E-state index in [0.29, 0.717) is 12.1 Å². The maximum atomic E-state index is 13.6. The van der Waals surface area contributed by atoms with Crippen molar-refractivity contribution < 1.29 is 31.1 Å². The summed E-state index contributed by atoms with van der Waals surface area (Å²) in [7, 11) is 0. The first-order chi connectivity index (χ1) is 8.10. The van der Waals surface area contributed by atoms with Crippen LogP contribution in [-0.2, 0) is 5.67 Å². The quantitative estimate of drug-likeness (QED) is 0.844. The van der Waals surface area contributed by atoms with E-state index in [1.54, 1.807) is 0 Å². The van der Waals surface area contributed by atoms with Crippen molar-refractivity contribution >= 4 is 5.91 Å². The van der Waals surface area contributed by atoms with Crippen LogP contribution in [0.5, 0.6) is 0 Å². The van der Waals surface area contributed by atoms with E-state index in [2.05, 4.69) is 0 Å². The Kier molecular flexibility index (Phi) is 3.59. The van der Waals surface area contributed by atoms with Crippen LogP contribution in [0.4, 0.5) is 26.3 Å². The fraction of sp³-hybridized carbons (Fsp3) is 0.300. The van der Waals surface area contributed by atoms with E-state index in [4.69, 9.17) is 5.73 Å². The van der Waals surface area contributed by atoms with E-state index in [9.17, 15) is 31.1 Å². The Morgan fingerprint density at radius 3 is 2.11 bits per heavy atom. The van der Waals surface area contributed by atoms with Gasteiger partial charge >= 0.3 is 6.18 Å². The Labute approximate surface area is 97.4 Å². The van der Waals surface area contributed by atoms with Crippen LogP contribution in [0.15, 0.2) is 24.3 Å². The van der Waals surface area contributed by atoms with Gasteiger partial charge in [-0.25, -0.2) is 13.2 Å². The Morgan fingerprint density at radius 2 is 1.72 bits per heavy atom. The average molecular weight is 271 g/mol. The molecular formula is C10H7F6NO. The smallest absolute Gasteiger partial charge is 0.366 e. The molecule has 0 fully saturated rings. The van der Waals surface area contributed by atoms with Crippen LogP contribution in [-0.4, -0.2) is 18.5 Å². The predicted molar refractivity (Wildman–Crippen MR) is 49.8 cm³/mol. The molecule has 18 heavy (non-hydrogen) atoms. The lowest BCUT2D eigenvalue weighted by molar-refractivity contribution is -0.274. The van der Waals surface area contributed by atoms with Gasteiger partial charge in [-0.1, -0.05) is 12.1 Å². The molecule has 1 rings (SSSR count). The molecule has 0 aromatic heterocycles. The molecule has 0 radical (unpaired) electrons. The highest BCUT2D eigenvalue weighted by atomic mass is 19.4. The SMILES string of the molecule is NC(=O)c1cccc(C(F)(C(F)F)C(F)(F)F)c1. The van der Waals surface area contributed by atoms with Crippen molar-refractivity contribution in [1.82, 2.24) is 0 Å². The summed E-state index contributed by atoms with van der Waals surface area (Å²) in [5.74, 6) is -1.14. The molecule has 1 amide bonds. The van der Waals surface area contributed by atoms with Crippen molar-refractivity contribution in [2.75, 3.05) is 0 Å². The van der Waals surface area contributed by atoms with Crippen LogP contribution in [0.2, 0.25) is 0 Å². The van der Waals surface area contributed by atoms with Crippen LogP contribution in [0.1, 0.15) is 15.9 Å². The normalized spacial score (nSPS) is 15.5. The zero-order chi connectivity index (χ0) is 14.1. The van der Waals surface area contributed by atoms with Crippen molar-refractivity contribution in [1.29, 1.82) is 0 Å². The molecule has 0 aliphatic heterocycles. The summed E-state index contributed by atoms with van der Waals surface area (Å²) >= 11 is 0. The summed E-state index contributed by atoms with van der Waals surface area (Å²) in [6.07, 6.45) is -10.1. The van der Waals surface area contributed by atoms with Gasteiger partial charge in [-0.15, -0.1) is 0 Å². The number of primary amides is 1. The first kappa shape index (κ1) is 14.3. The highest BCUT2D eigenvalue weighted by Crippen LogP contribution is 2.46. The fourth-order valence-corrected chi connectivity index (χ4v) is 1.31. The first-order valence-corrected chi connectivity index (χ1v) is 4.55. The van der Waals surface area contributed by atoms with Gasteiger partial charge in [0, 0.05) is 11.1 Å². The van der Waals surface area contributed by atoms with Crippen molar-refractivity contribution in [3.05, 3.63) is 35.4 Å². The Bertz CT molecular complexity index is 458. The van der Waals surface area contributed by atoms with Gasteiger partial charge in [0.05, 0.1) is 0 Å². The zero-order valence-corrected chi connectivity index (χ0v) is 8.64. The van der Waals surface area contributed by atoms with E-state index in [0.717, 1.165) is 12.1 Å². The number of amides is 1. The second-order valence-corrected chi connectivity index (χ2v) is 3.46. The third kappa shape index (κ3) is 2.27. The van der Waals surface area contributed by atoms with Gasteiger partial charge in [-0.2, -0.15) is 13.2 Å². The van der Waals surface area contributed by atoms with E-state index in [1.807, 2.05) is 0 Å². The molecule has 1 atom stereocenters. The lowest BCUT2D eigenvalue weighted by Gasteiger charge is -2.27. The van der Waals surface area contributed by atoms with Crippen molar-refractivity contribution in [2.24, 2.45) is 5.73 Å². The third-order valence-corrected chi connectivity index (χ3v) is 2.28. The molecule has 1 aromatic rings. The fourth-order valence-electron chi connectivity index (χ4n) is 1.31. The summed E-state index contributed by atoms with van der Waals surface area (Å²) in [5, 5.41) is 0. The van der Waals surface area contributed by atoms with E-state index in [1.165, 1.54) is 0 Å². The monoisotopic (exact) mass is 271 g/mol. The molecule has 1 aromatic carbocycles. The number of benzene rings is 1. The molecule has 2 N–H and O–H groups in total. The lowest BCUT2D eigenvalue weighted by Crippen LogP contribution is -2.44. The van der Waals surface area contributed by atoms with Gasteiger partial charge < -0.3 is 5.73 Å². The third-order valence-electron chi connectivity index (χ3n) is 2.28. The topological polar surface area (TPSA) is 43.1 Å². The molecule has 0 aliphatic rings. The van der Waals surface area contributed by atoms with Gasteiger partial charge in [-0.05, 0) is 12.1 Å². The highest BCUT2D eigenvalue weighted by molar-refractivity contribution is 5.92. The molecule has 0 spiro atoms. The summed E-state index contributed by atoms with van der Waals surface area (Å²) in [6, 6.07) is 2.72. The first-order valence-electron chi connectivity index (χ1n) is 4.55. The minimum absolute atomic E-state index is 0.363. The molecule has 8 heteroatoms. The highest BCUT2D eigenvalue weighted by Gasteiger charge is 2.64. The number of alkyl halides is 6. The number of carbonyl (C=O) groups is 1. The van der Waals surface area contributed by atoms with Crippen molar-refractivity contribution in [3.63, 3.8) is 0 Å². The van der Waals surface area contributed by atoms with Crippen molar-refractivity contribution in [2.45, 2.75) is 18.3 Å². The number of hydrogen-bond acceptors (Lipinski definition) is 1. The second kappa shape index (κ2) is 4.51. The number of halogens is 6. The molecule has 2 nitrogen and oxygen atoms in total. The van der Waals surface area contributed by atoms with Crippen LogP contribution in [0.3, 0.4) is 0 Å². The van der Waals surface area contributed by atoms with E-state index < -0.39 is 35.3 Å². The van der Waals surface area contributed by atoms with Gasteiger partial charge in [0.1, 0.15) is 0 Å². The summed E-state index contributed by atoms with van der Waals surface area (Å²) in [5.41, 5.74) is -1.90. The molecule has 0 saturated heterocycles. The molecule has 1 unspecified atom stereocenters. The number of nitrogens with two attached hydrogens (primary N) is 1. The van der Waals surface area contributed by atoms with Crippen LogP contribution in [0, 0.1) is 0 Å². The Balaban J connectivity index is 3.40. The van der Waals surface area contributed by atoms with Gasteiger partial charge in [0.2, 0.25) is 5.91 Å². The largest absolute Gasteiger partial charge is 0.432 e. The Hall–Kier alpha value is -1.73. The van der Waals surface area contributed by atoms with E-state index in [-0.39, 0.29) is 0 Å². The molecular weight excluding hydrogens is 264 g/mol. The maximum absolute atomic E-state index is 13.6. The zero-order valence-electron chi connectivity index (χ0n) is 8.64. The van der Waals surface area contributed by atoms with Crippen molar-refractivity contribution in [3.8, 4) is 0 Å². The minimum atomic E-state index is -5.81. The number of carbonyl (C=O) groups excluding carboxylic acids is 1. The molecule has 0 aliphatic carbocycles. The molecule has 0 saturated carbocycles. The summed E-state index contributed by atoms with van der Waals surface area (Å²) in [6.45, 7) is 0. The number of rotatable bonds is 3. The van der Waals surface area contributed by atoms with Crippen LogP contribution >= 0.6 is 0 Å². The lowest BCUT2D eigenvalue weighted by atomic mass is 9.94. The maximum Gasteiger partial charge on any atom is 0.432 e. The van der Waals surface area contributed by atoms with Crippen LogP contribution < -0.4 is 5.73 Å². The minimum Gasteiger partial charge on any atom is -0.366 e. The standard InChI is InChI=1S/C10H7F6NO/c11-8(12)9(13,10(14,15)16)6-3-1-2-5(4-6)7(17)18/h1-4,8H,(H2,17,18). The predicted octanol–water partition coefficient (Wildman–Crippen LogP) is 2.78.